The molecule has 10 rings (SSSR count). The first-order valence-electron chi connectivity index (χ1n) is 18.4. The molecule has 17 heteroatoms. The number of phenols is 1. The number of hydrogen-bond donors (Lipinski definition) is 5. The normalized spacial score (nSPS) is 16.4. The Hall–Kier alpha value is -5.97. The summed E-state index contributed by atoms with van der Waals surface area (Å²) in [5.74, 6) is 1.72. The lowest BCUT2D eigenvalue weighted by Crippen LogP contribution is -2.45. The minimum absolute atomic E-state index is 0.0764. The molecule has 0 radical (unpaired) electrons. The molecule has 2 aliphatic rings. The molecule has 8 aromatic rings. The maximum absolute atomic E-state index is 10.0. The first-order chi connectivity index (χ1) is 26.7. The number of benzene rings is 2. The molecule has 6 aromatic heterocycles. The third-order valence-corrected chi connectivity index (χ3v) is 11.1. The molecule has 1 unspecified atom stereocenters. The number of rotatable bonds is 9. The van der Waals surface area contributed by atoms with Crippen LogP contribution in [0.1, 0.15) is 51.6 Å². The maximum Gasteiger partial charge on any atom is 0.184 e. The van der Waals surface area contributed by atoms with E-state index < -0.39 is 0 Å². The Labute approximate surface area is 318 Å². The number of aromatic hydroxyl groups is 1. The van der Waals surface area contributed by atoms with Gasteiger partial charge in [-0.3, -0.25) is 4.90 Å². The van der Waals surface area contributed by atoms with Gasteiger partial charge in [0.2, 0.25) is 0 Å². The third kappa shape index (κ3) is 5.75. The van der Waals surface area contributed by atoms with E-state index in [2.05, 4.69) is 34.8 Å². The van der Waals surface area contributed by atoms with E-state index in [0.717, 1.165) is 72.0 Å². The highest BCUT2D eigenvalue weighted by molar-refractivity contribution is 6.32. The Balaban J connectivity index is 0.873. The van der Waals surface area contributed by atoms with Gasteiger partial charge < -0.3 is 31.4 Å². The molecule has 16 nitrogen and oxygen atoms in total. The summed E-state index contributed by atoms with van der Waals surface area (Å²) >= 11 is 6.77. The SMILES string of the molecule is CC(C)n1nc(-c2cc3cc(OOC(C4CC4)N4CCC(n5nc(-c6cc7cc(O)ccc7[nH]6)c6c(N)ncnc65)CC4)c(Cl)cc3[nH]2)c2c(N)ncnc21. The number of anilines is 2. The predicted octanol–water partition coefficient (Wildman–Crippen LogP) is 6.75. The van der Waals surface area contributed by atoms with Gasteiger partial charge in [0.25, 0.3) is 0 Å². The lowest BCUT2D eigenvalue weighted by Gasteiger charge is -2.36. The number of halogens is 1. The lowest BCUT2D eigenvalue weighted by molar-refractivity contribution is -0.291. The summed E-state index contributed by atoms with van der Waals surface area (Å²) in [5.41, 5.74) is 18.7. The van der Waals surface area contributed by atoms with Gasteiger partial charge in [-0.2, -0.15) is 15.1 Å². The largest absolute Gasteiger partial charge is 0.508 e. The van der Waals surface area contributed by atoms with Gasteiger partial charge in [-0.15, -0.1) is 0 Å². The quantitative estimate of drug-likeness (QED) is 0.0764. The van der Waals surface area contributed by atoms with Gasteiger partial charge in [0.05, 0.1) is 33.2 Å². The zero-order valence-electron chi connectivity index (χ0n) is 30.1. The number of nitrogens with zero attached hydrogens (tertiary/aromatic N) is 9. The van der Waals surface area contributed by atoms with Crippen LogP contribution in [0.4, 0.5) is 11.6 Å². The van der Waals surface area contributed by atoms with Crippen LogP contribution in [0, 0.1) is 5.92 Å². The summed E-state index contributed by atoms with van der Waals surface area (Å²) in [5, 5.41) is 23.5. The molecule has 55 heavy (non-hydrogen) atoms. The fourth-order valence-corrected chi connectivity index (χ4v) is 8.06. The second kappa shape index (κ2) is 12.8. The topological polar surface area (TPSA) is 213 Å². The van der Waals surface area contributed by atoms with E-state index >= 15 is 0 Å². The number of nitrogens with one attached hydrogen (secondary N) is 2. The average Bonchev–Trinajstić information content (AvgIpc) is 3.47. The highest BCUT2D eigenvalue weighted by atomic mass is 35.5. The fraction of sp³-hybridized carbons (Fsp3) is 0.316. The van der Waals surface area contributed by atoms with E-state index in [0.29, 0.717) is 61.8 Å². The van der Waals surface area contributed by atoms with Crippen molar-refractivity contribution in [3.63, 3.8) is 0 Å². The number of piperidine rings is 1. The van der Waals surface area contributed by atoms with E-state index in [4.69, 9.17) is 43.0 Å². The minimum Gasteiger partial charge on any atom is -0.508 e. The molecule has 1 saturated carbocycles. The fourth-order valence-electron chi connectivity index (χ4n) is 7.86. The van der Waals surface area contributed by atoms with Crippen LogP contribution in [0.3, 0.4) is 0 Å². The predicted molar refractivity (Wildman–Crippen MR) is 209 cm³/mol. The smallest absolute Gasteiger partial charge is 0.184 e. The van der Waals surface area contributed by atoms with Gasteiger partial charge >= 0.3 is 0 Å². The Bertz CT molecular complexity index is 2760. The molecule has 1 atom stereocenters. The van der Waals surface area contributed by atoms with Crippen molar-refractivity contribution in [3.05, 3.63) is 60.1 Å². The van der Waals surface area contributed by atoms with Crippen LogP contribution in [-0.2, 0) is 4.89 Å². The number of aromatic amines is 2. The standard InChI is InChI=1S/C38H38ClN13O3/c1-18(2)51-36-30(34(40)42-16-44-36)32(48-51)28-13-21-14-29(24(39)15-26(21)47-28)54-55-38(19-3-4-19)50-9-7-22(8-10-50)52-37-31(35(41)43-17-45-37)33(49-52)27-12-20-11-23(53)5-6-25(20)46-27/h5-6,11-19,22,38,46-47,53H,3-4,7-10H2,1-2H3,(H2,40,42,44)(H2,41,43,45). The Kier molecular flexibility index (Phi) is 7.83. The molecule has 0 spiro atoms. The summed E-state index contributed by atoms with van der Waals surface area (Å²) in [7, 11) is 0. The second-order valence-corrected chi connectivity index (χ2v) is 15.2. The van der Waals surface area contributed by atoms with Crippen LogP contribution in [0.5, 0.6) is 11.5 Å². The van der Waals surface area contributed by atoms with Gasteiger partial charge in [0, 0.05) is 46.9 Å². The molecule has 1 aliphatic carbocycles. The lowest BCUT2D eigenvalue weighted by atomic mass is 10.0. The molecule has 7 N–H and O–H groups in total. The van der Waals surface area contributed by atoms with Crippen LogP contribution in [0.25, 0.3) is 66.6 Å². The minimum atomic E-state index is -0.227. The highest BCUT2D eigenvalue weighted by Crippen LogP contribution is 2.41. The number of aromatic nitrogens is 10. The molecular weight excluding hydrogens is 722 g/mol. The molecular formula is C38H38ClN13O3. The molecule has 2 aromatic carbocycles. The van der Waals surface area contributed by atoms with Crippen molar-refractivity contribution < 1.29 is 14.9 Å². The number of H-pyrrole nitrogens is 2. The molecule has 280 valence electrons. The summed E-state index contributed by atoms with van der Waals surface area (Å²) in [6, 6.07) is 13.0. The summed E-state index contributed by atoms with van der Waals surface area (Å²) in [6.45, 7) is 5.64. The van der Waals surface area contributed by atoms with Crippen molar-refractivity contribution >= 4 is 67.1 Å². The first-order valence-corrected chi connectivity index (χ1v) is 18.8. The third-order valence-electron chi connectivity index (χ3n) is 10.8. The highest BCUT2D eigenvalue weighted by Gasteiger charge is 2.40. The van der Waals surface area contributed by atoms with Crippen LogP contribution >= 0.6 is 11.6 Å². The van der Waals surface area contributed by atoms with E-state index in [1.807, 2.05) is 53.5 Å². The monoisotopic (exact) mass is 759 g/mol. The van der Waals surface area contributed by atoms with E-state index in [1.54, 1.807) is 12.1 Å². The Morgan fingerprint density at radius 1 is 0.800 bits per heavy atom. The average molecular weight is 760 g/mol. The van der Waals surface area contributed by atoms with Gasteiger partial charge in [-0.1, -0.05) is 11.6 Å². The number of likely N-dealkylation sites (tertiary alicyclic amines) is 1. The van der Waals surface area contributed by atoms with Crippen molar-refractivity contribution in [1.82, 2.24) is 54.4 Å². The van der Waals surface area contributed by atoms with E-state index in [1.165, 1.54) is 12.7 Å². The molecule has 0 bridgehead atoms. The zero-order valence-corrected chi connectivity index (χ0v) is 30.8. The number of hydrogen-bond acceptors (Lipinski definition) is 12. The zero-order chi connectivity index (χ0) is 37.5. The van der Waals surface area contributed by atoms with Crippen LogP contribution in [-0.4, -0.2) is 78.8 Å². The van der Waals surface area contributed by atoms with Crippen molar-refractivity contribution in [2.45, 2.75) is 57.8 Å². The van der Waals surface area contributed by atoms with Crippen molar-refractivity contribution in [2.24, 2.45) is 5.92 Å². The van der Waals surface area contributed by atoms with Gasteiger partial charge in [0.15, 0.2) is 23.3 Å². The Morgan fingerprint density at radius 2 is 1.45 bits per heavy atom. The molecule has 1 aliphatic heterocycles. The second-order valence-electron chi connectivity index (χ2n) is 14.8. The number of nitrogen functional groups attached to an aromatic ring is 2. The van der Waals surface area contributed by atoms with Gasteiger partial charge in [0.1, 0.15) is 41.4 Å². The summed E-state index contributed by atoms with van der Waals surface area (Å²) in [4.78, 5) is 39.1. The van der Waals surface area contributed by atoms with Crippen LogP contribution in [0.15, 0.2) is 55.1 Å². The summed E-state index contributed by atoms with van der Waals surface area (Å²) in [6.07, 6.45) is 6.49. The van der Waals surface area contributed by atoms with Gasteiger partial charge in [-0.25, -0.2) is 29.3 Å². The van der Waals surface area contributed by atoms with Crippen molar-refractivity contribution in [1.29, 1.82) is 0 Å². The number of phenolic OH excluding ortho intramolecular Hbond substituents is 1. The Morgan fingerprint density at radius 3 is 2.16 bits per heavy atom. The van der Waals surface area contributed by atoms with E-state index in [9.17, 15) is 5.11 Å². The van der Waals surface area contributed by atoms with Crippen molar-refractivity contribution in [2.75, 3.05) is 24.6 Å². The van der Waals surface area contributed by atoms with Crippen molar-refractivity contribution in [3.8, 4) is 34.3 Å². The van der Waals surface area contributed by atoms with E-state index in [-0.39, 0.29) is 24.1 Å². The number of fused-ring (bicyclic) bond motifs is 4. The molecule has 2 fully saturated rings. The first kappa shape index (κ1) is 33.6. The molecule has 1 saturated heterocycles. The number of nitrogens with two attached hydrogens (primary N) is 2. The van der Waals surface area contributed by atoms with Gasteiger partial charge in [-0.05, 0) is 82.0 Å². The maximum atomic E-state index is 10.0. The van der Waals surface area contributed by atoms with Crippen LogP contribution < -0.4 is 16.4 Å². The molecule has 0 amide bonds. The summed E-state index contributed by atoms with van der Waals surface area (Å²) < 4.78 is 3.84. The van der Waals surface area contributed by atoms with Crippen LogP contribution in [0.2, 0.25) is 5.02 Å². The molecule has 7 heterocycles.